The zero-order chi connectivity index (χ0) is 21.5. The first-order valence-corrected chi connectivity index (χ1v) is 12.1. The molecule has 8 nitrogen and oxygen atoms in total. The fraction of sp³-hybridized carbons (Fsp3) is 0.619. The van der Waals surface area contributed by atoms with Crippen LogP contribution in [0.5, 0.6) is 0 Å². The number of hydrogen-bond donors (Lipinski definition) is 1. The van der Waals surface area contributed by atoms with E-state index in [9.17, 15) is 18.0 Å². The van der Waals surface area contributed by atoms with E-state index in [2.05, 4.69) is 5.32 Å². The van der Waals surface area contributed by atoms with Crippen LogP contribution >= 0.6 is 0 Å². The molecule has 1 aliphatic carbocycles. The average molecular weight is 435 g/mol. The Kier molecular flexibility index (Phi) is 5.63. The normalized spacial score (nSPS) is 22.6. The third kappa shape index (κ3) is 3.86. The number of rotatable bonds is 4. The molecule has 0 radical (unpaired) electrons. The third-order valence-electron chi connectivity index (χ3n) is 6.64. The average Bonchev–Trinajstić information content (AvgIpc) is 3.19. The molecule has 164 valence electrons. The molecule has 0 atom stereocenters. The molecule has 0 unspecified atom stereocenters. The number of nitrogens with one attached hydrogen (secondary N) is 1. The van der Waals surface area contributed by atoms with E-state index in [4.69, 9.17) is 0 Å². The number of amides is 2. The smallest absolute Gasteiger partial charge is 0.243 e. The highest BCUT2D eigenvalue weighted by Gasteiger charge is 2.39. The number of carbonyl (C=O) groups excluding carboxylic acids is 2. The molecule has 2 amide bonds. The minimum absolute atomic E-state index is 0.0626. The molecule has 2 fully saturated rings. The van der Waals surface area contributed by atoms with Crippen LogP contribution in [0.2, 0.25) is 0 Å². The molecule has 2 saturated heterocycles. The van der Waals surface area contributed by atoms with Gasteiger partial charge in [0.1, 0.15) is 0 Å². The van der Waals surface area contributed by atoms with Crippen LogP contribution in [0, 0.1) is 0 Å². The quantitative estimate of drug-likeness (QED) is 0.732. The van der Waals surface area contributed by atoms with E-state index in [-0.39, 0.29) is 31.4 Å². The van der Waals surface area contributed by atoms with Crippen molar-refractivity contribution < 1.29 is 18.0 Å². The van der Waals surface area contributed by atoms with Gasteiger partial charge < -0.3 is 10.2 Å². The van der Waals surface area contributed by atoms with Gasteiger partial charge in [-0.3, -0.25) is 14.5 Å². The summed E-state index contributed by atoms with van der Waals surface area (Å²) in [5.41, 5.74) is 1.66. The molecule has 9 heteroatoms. The maximum absolute atomic E-state index is 13.1. The molecule has 0 aromatic heterocycles. The van der Waals surface area contributed by atoms with Crippen LogP contribution in [0.4, 0.5) is 0 Å². The minimum atomic E-state index is -3.55. The molecule has 1 aromatic carbocycles. The Balaban J connectivity index is 1.37. The number of carbonyl (C=O) groups is 2. The van der Waals surface area contributed by atoms with E-state index in [0.29, 0.717) is 31.1 Å². The van der Waals surface area contributed by atoms with Gasteiger partial charge in [-0.05, 0) is 56.4 Å². The van der Waals surface area contributed by atoms with Crippen LogP contribution in [0.15, 0.2) is 23.1 Å². The summed E-state index contributed by atoms with van der Waals surface area (Å²) in [6, 6.07) is 5.46. The van der Waals surface area contributed by atoms with Gasteiger partial charge in [-0.15, -0.1) is 0 Å². The van der Waals surface area contributed by atoms with Crippen LogP contribution < -0.4 is 5.32 Å². The van der Waals surface area contributed by atoms with Crippen molar-refractivity contribution in [3.05, 3.63) is 29.3 Å². The first-order chi connectivity index (χ1) is 14.2. The zero-order valence-corrected chi connectivity index (χ0v) is 18.5. The molecule has 1 N–H and O–H groups in total. The van der Waals surface area contributed by atoms with Gasteiger partial charge in [-0.1, -0.05) is 6.07 Å². The molecule has 0 saturated carbocycles. The third-order valence-corrected chi connectivity index (χ3v) is 8.53. The fourth-order valence-electron chi connectivity index (χ4n) is 4.52. The highest BCUT2D eigenvalue weighted by molar-refractivity contribution is 7.89. The molecule has 0 bridgehead atoms. The first-order valence-electron chi connectivity index (χ1n) is 10.6. The van der Waals surface area contributed by atoms with Gasteiger partial charge in [0.25, 0.3) is 0 Å². The van der Waals surface area contributed by atoms with E-state index >= 15 is 0 Å². The Morgan fingerprint density at radius 2 is 1.77 bits per heavy atom. The molecule has 2 aliphatic heterocycles. The number of benzene rings is 1. The van der Waals surface area contributed by atoms with Gasteiger partial charge >= 0.3 is 0 Å². The summed E-state index contributed by atoms with van der Waals surface area (Å²) in [6.45, 7) is 6.25. The predicted octanol–water partition coefficient (Wildman–Crippen LogP) is 0.219. The first kappa shape index (κ1) is 21.3. The predicted molar refractivity (Wildman–Crippen MR) is 112 cm³/mol. The van der Waals surface area contributed by atoms with E-state index in [1.165, 1.54) is 9.87 Å². The Hall–Kier alpha value is -1.97. The van der Waals surface area contributed by atoms with E-state index in [1.54, 1.807) is 11.0 Å². The zero-order valence-electron chi connectivity index (χ0n) is 17.7. The van der Waals surface area contributed by atoms with Crippen LogP contribution in [0.3, 0.4) is 0 Å². The largest absolute Gasteiger partial charge is 0.353 e. The summed E-state index contributed by atoms with van der Waals surface area (Å²) in [4.78, 5) is 28.8. The Morgan fingerprint density at radius 3 is 2.50 bits per heavy atom. The summed E-state index contributed by atoms with van der Waals surface area (Å²) in [5.74, 6) is -0.140. The number of hydrogen-bond acceptors (Lipinski definition) is 5. The Bertz CT molecular complexity index is 952. The maximum atomic E-state index is 13.1. The van der Waals surface area contributed by atoms with Gasteiger partial charge in [0.15, 0.2) is 0 Å². The van der Waals surface area contributed by atoms with Crippen LogP contribution in [-0.4, -0.2) is 85.7 Å². The SMILES string of the molecule is CC1(C)C(=O)NCCN1CC(=O)N1CCN(S(=O)(=O)c2ccc3c(c2)CCC3)CC1. The van der Waals surface area contributed by atoms with Gasteiger partial charge in [0, 0.05) is 39.3 Å². The topological polar surface area (TPSA) is 90.0 Å². The second-order valence-corrected chi connectivity index (χ2v) is 10.7. The lowest BCUT2D eigenvalue weighted by Gasteiger charge is -2.42. The second kappa shape index (κ2) is 7.94. The van der Waals surface area contributed by atoms with Crippen LogP contribution in [0.25, 0.3) is 0 Å². The fourth-order valence-corrected chi connectivity index (χ4v) is 5.99. The standard InChI is InChI=1S/C21H30N4O4S/c1-21(2)20(27)22-8-9-24(21)15-19(26)23-10-12-25(13-11-23)30(28,29)18-7-6-16-4-3-5-17(16)14-18/h6-7,14H,3-5,8-13,15H2,1-2H3,(H,22,27). The van der Waals surface area contributed by atoms with Gasteiger partial charge in [0.2, 0.25) is 21.8 Å². The van der Waals surface area contributed by atoms with Crippen molar-refractivity contribution in [2.24, 2.45) is 0 Å². The summed E-state index contributed by atoms with van der Waals surface area (Å²) < 4.78 is 27.6. The van der Waals surface area contributed by atoms with E-state index in [0.717, 1.165) is 24.8 Å². The monoisotopic (exact) mass is 434 g/mol. The lowest BCUT2D eigenvalue weighted by atomic mass is 9.99. The van der Waals surface area contributed by atoms with Crippen molar-refractivity contribution in [2.75, 3.05) is 45.8 Å². The summed E-state index contributed by atoms with van der Waals surface area (Å²) >= 11 is 0. The molecule has 4 rings (SSSR count). The number of sulfonamides is 1. The summed E-state index contributed by atoms with van der Waals surface area (Å²) in [6.07, 6.45) is 3.03. The molecular weight excluding hydrogens is 404 g/mol. The van der Waals surface area contributed by atoms with Gasteiger partial charge in [-0.25, -0.2) is 8.42 Å². The van der Waals surface area contributed by atoms with Crippen molar-refractivity contribution in [3.8, 4) is 0 Å². The highest BCUT2D eigenvalue weighted by atomic mass is 32.2. The van der Waals surface area contributed by atoms with Crippen molar-refractivity contribution >= 4 is 21.8 Å². The van der Waals surface area contributed by atoms with Gasteiger partial charge in [-0.2, -0.15) is 4.31 Å². The van der Waals surface area contributed by atoms with Crippen molar-refractivity contribution in [3.63, 3.8) is 0 Å². The second-order valence-electron chi connectivity index (χ2n) is 8.81. The number of nitrogens with zero attached hydrogens (tertiary/aromatic N) is 3. The van der Waals surface area contributed by atoms with Crippen molar-refractivity contribution in [1.29, 1.82) is 0 Å². The minimum Gasteiger partial charge on any atom is -0.353 e. The van der Waals surface area contributed by atoms with E-state index < -0.39 is 15.6 Å². The molecular formula is C21H30N4O4S. The lowest BCUT2D eigenvalue weighted by molar-refractivity contribution is -0.141. The molecule has 0 spiro atoms. The number of fused-ring (bicyclic) bond motifs is 1. The molecule has 1 aromatic rings. The van der Waals surface area contributed by atoms with Gasteiger partial charge in [0.05, 0.1) is 17.0 Å². The maximum Gasteiger partial charge on any atom is 0.243 e. The lowest BCUT2D eigenvalue weighted by Crippen LogP contribution is -2.64. The molecule has 2 heterocycles. The van der Waals surface area contributed by atoms with Crippen LogP contribution in [0.1, 0.15) is 31.4 Å². The number of aryl methyl sites for hydroxylation is 2. The summed E-state index contributed by atoms with van der Waals surface area (Å²) in [7, 11) is -3.55. The van der Waals surface area contributed by atoms with Crippen molar-refractivity contribution in [1.82, 2.24) is 19.4 Å². The van der Waals surface area contributed by atoms with Crippen LogP contribution in [-0.2, 0) is 32.5 Å². The van der Waals surface area contributed by atoms with Crippen molar-refractivity contribution in [2.45, 2.75) is 43.5 Å². The molecule has 30 heavy (non-hydrogen) atoms. The Morgan fingerprint density at radius 1 is 1.07 bits per heavy atom. The Labute approximate surface area is 178 Å². The number of piperazine rings is 2. The molecule has 3 aliphatic rings. The summed E-state index contributed by atoms with van der Waals surface area (Å²) in [5, 5.41) is 2.83. The highest BCUT2D eigenvalue weighted by Crippen LogP contribution is 2.27. The van der Waals surface area contributed by atoms with E-state index in [1.807, 2.05) is 30.9 Å².